The van der Waals surface area contributed by atoms with Crippen LogP contribution in [0.2, 0.25) is 0 Å². The normalized spacial score (nSPS) is 12.2. The highest BCUT2D eigenvalue weighted by Crippen LogP contribution is 2.30. The van der Waals surface area contributed by atoms with E-state index in [1.165, 1.54) is 7.11 Å². The zero-order valence-electron chi connectivity index (χ0n) is 12.8. The Hall–Kier alpha value is -2.01. The molecule has 2 aromatic rings. The van der Waals surface area contributed by atoms with E-state index >= 15 is 0 Å². The predicted octanol–water partition coefficient (Wildman–Crippen LogP) is 2.94. The van der Waals surface area contributed by atoms with Crippen molar-refractivity contribution in [2.45, 2.75) is 26.8 Å². The van der Waals surface area contributed by atoms with Gasteiger partial charge in [-0.2, -0.15) is 10.2 Å². The molecule has 0 saturated heterocycles. The zero-order valence-corrected chi connectivity index (χ0v) is 12.8. The standard InChI is InChI=1S/C16H20FN3O/c1-5-18-16(13-9-10(2)19-20-11(13)3)12-7-6-8-14(21-4)15(12)17/h6-9,16,18H,5H2,1-4H3. The molecule has 1 aromatic heterocycles. The largest absolute Gasteiger partial charge is 0.494 e. The first-order valence-electron chi connectivity index (χ1n) is 6.95. The summed E-state index contributed by atoms with van der Waals surface area (Å²) in [5.41, 5.74) is 3.07. The Morgan fingerprint density at radius 1 is 1.24 bits per heavy atom. The lowest BCUT2D eigenvalue weighted by Gasteiger charge is -2.21. The zero-order chi connectivity index (χ0) is 15.4. The number of aryl methyl sites for hydroxylation is 2. The van der Waals surface area contributed by atoms with E-state index in [4.69, 9.17) is 4.74 Å². The Morgan fingerprint density at radius 2 is 2.00 bits per heavy atom. The van der Waals surface area contributed by atoms with E-state index in [0.717, 1.165) is 17.0 Å². The number of nitrogens with zero attached hydrogens (tertiary/aromatic N) is 2. The highest BCUT2D eigenvalue weighted by atomic mass is 19.1. The molecule has 0 radical (unpaired) electrons. The molecule has 2 rings (SSSR count). The fourth-order valence-corrected chi connectivity index (χ4v) is 2.36. The molecular formula is C16H20FN3O. The molecule has 0 spiro atoms. The summed E-state index contributed by atoms with van der Waals surface area (Å²) in [6, 6.07) is 6.83. The number of halogens is 1. The Morgan fingerprint density at radius 3 is 2.67 bits per heavy atom. The molecule has 1 aromatic carbocycles. The van der Waals surface area contributed by atoms with Gasteiger partial charge in [0.15, 0.2) is 11.6 Å². The lowest BCUT2D eigenvalue weighted by molar-refractivity contribution is 0.381. The second-order valence-electron chi connectivity index (χ2n) is 4.88. The molecule has 21 heavy (non-hydrogen) atoms. The third-order valence-corrected chi connectivity index (χ3v) is 3.38. The number of hydrogen-bond donors (Lipinski definition) is 1. The Bertz CT molecular complexity index is 631. The molecule has 0 amide bonds. The van der Waals surface area contributed by atoms with Gasteiger partial charge in [0.2, 0.25) is 0 Å². The molecule has 4 nitrogen and oxygen atoms in total. The summed E-state index contributed by atoms with van der Waals surface area (Å²) < 4.78 is 19.6. The second kappa shape index (κ2) is 6.63. The molecule has 0 saturated carbocycles. The van der Waals surface area contributed by atoms with Crippen LogP contribution in [0.1, 0.15) is 35.5 Å². The first kappa shape index (κ1) is 15.4. The van der Waals surface area contributed by atoms with Gasteiger partial charge in [-0.05, 0) is 38.1 Å². The maximum Gasteiger partial charge on any atom is 0.170 e. The van der Waals surface area contributed by atoms with Crippen LogP contribution in [0.25, 0.3) is 0 Å². The highest BCUT2D eigenvalue weighted by molar-refractivity contribution is 5.39. The minimum absolute atomic E-state index is 0.242. The molecule has 1 N–H and O–H groups in total. The lowest BCUT2D eigenvalue weighted by Crippen LogP contribution is -2.24. The first-order valence-corrected chi connectivity index (χ1v) is 6.95. The molecular weight excluding hydrogens is 269 g/mol. The fourth-order valence-electron chi connectivity index (χ4n) is 2.36. The van der Waals surface area contributed by atoms with Crippen molar-refractivity contribution in [3.8, 4) is 5.75 Å². The third-order valence-electron chi connectivity index (χ3n) is 3.38. The van der Waals surface area contributed by atoms with E-state index in [1.54, 1.807) is 18.2 Å². The molecule has 0 bridgehead atoms. The van der Waals surface area contributed by atoms with E-state index in [-0.39, 0.29) is 17.6 Å². The van der Waals surface area contributed by atoms with Crippen LogP contribution in [0.3, 0.4) is 0 Å². The van der Waals surface area contributed by atoms with Crippen LogP contribution < -0.4 is 10.1 Å². The van der Waals surface area contributed by atoms with Gasteiger partial charge in [-0.25, -0.2) is 4.39 Å². The second-order valence-corrected chi connectivity index (χ2v) is 4.88. The molecule has 0 aliphatic carbocycles. The van der Waals surface area contributed by atoms with Gasteiger partial charge in [-0.15, -0.1) is 0 Å². The van der Waals surface area contributed by atoms with Crippen LogP contribution in [-0.4, -0.2) is 23.9 Å². The van der Waals surface area contributed by atoms with E-state index in [0.29, 0.717) is 12.1 Å². The summed E-state index contributed by atoms with van der Waals surface area (Å²) >= 11 is 0. The number of methoxy groups -OCH3 is 1. The van der Waals surface area contributed by atoms with Crippen molar-refractivity contribution in [3.63, 3.8) is 0 Å². The van der Waals surface area contributed by atoms with Crippen molar-refractivity contribution in [2.75, 3.05) is 13.7 Å². The summed E-state index contributed by atoms with van der Waals surface area (Å²) in [5.74, 6) is -0.105. The van der Waals surface area contributed by atoms with Crippen LogP contribution in [0.5, 0.6) is 5.75 Å². The minimum Gasteiger partial charge on any atom is -0.494 e. The highest BCUT2D eigenvalue weighted by Gasteiger charge is 2.22. The van der Waals surface area contributed by atoms with Crippen molar-refractivity contribution in [2.24, 2.45) is 0 Å². The summed E-state index contributed by atoms with van der Waals surface area (Å²) in [4.78, 5) is 0. The van der Waals surface area contributed by atoms with Crippen molar-refractivity contribution in [1.82, 2.24) is 15.5 Å². The molecule has 5 heteroatoms. The SMILES string of the molecule is CCNC(c1cc(C)nnc1C)c1cccc(OC)c1F. The Balaban J connectivity index is 2.56. The van der Waals surface area contributed by atoms with Crippen LogP contribution in [0.4, 0.5) is 4.39 Å². The topological polar surface area (TPSA) is 47.0 Å². The first-order chi connectivity index (χ1) is 10.1. The van der Waals surface area contributed by atoms with Crippen molar-refractivity contribution in [3.05, 3.63) is 52.6 Å². The van der Waals surface area contributed by atoms with Gasteiger partial charge < -0.3 is 10.1 Å². The number of benzene rings is 1. The van der Waals surface area contributed by atoms with Gasteiger partial charge in [0.1, 0.15) is 0 Å². The molecule has 1 atom stereocenters. The maximum absolute atomic E-state index is 14.6. The van der Waals surface area contributed by atoms with Crippen LogP contribution in [-0.2, 0) is 0 Å². The predicted molar refractivity (Wildman–Crippen MR) is 80.0 cm³/mol. The van der Waals surface area contributed by atoms with E-state index in [1.807, 2.05) is 26.8 Å². The fraction of sp³-hybridized carbons (Fsp3) is 0.375. The summed E-state index contributed by atoms with van der Waals surface area (Å²) in [6.45, 7) is 6.45. The van der Waals surface area contributed by atoms with Crippen LogP contribution in [0.15, 0.2) is 24.3 Å². The maximum atomic E-state index is 14.6. The smallest absolute Gasteiger partial charge is 0.170 e. The number of ether oxygens (including phenoxy) is 1. The molecule has 1 unspecified atom stereocenters. The monoisotopic (exact) mass is 289 g/mol. The Kier molecular flexibility index (Phi) is 4.85. The third kappa shape index (κ3) is 3.19. The van der Waals surface area contributed by atoms with Gasteiger partial charge in [0.05, 0.1) is 24.5 Å². The molecule has 112 valence electrons. The molecule has 0 aliphatic rings. The van der Waals surface area contributed by atoms with Crippen molar-refractivity contribution >= 4 is 0 Å². The van der Waals surface area contributed by atoms with Gasteiger partial charge in [-0.3, -0.25) is 0 Å². The summed E-state index contributed by atoms with van der Waals surface area (Å²) in [5, 5.41) is 11.5. The van der Waals surface area contributed by atoms with Crippen LogP contribution in [0, 0.1) is 19.7 Å². The lowest BCUT2D eigenvalue weighted by atomic mass is 9.96. The summed E-state index contributed by atoms with van der Waals surface area (Å²) in [7, 11) is 1.47. The number of rotatable bonds is 5. The number of nitrogens with one attached hydrogen (secondary N) is 1. The van der Waals surface area contributed by atoms with Gasteiger partial charge in [0, 0.05) is 5.56 Å². The Labute approximate surface area is 124 Å². The van der Waals surface area contributed by atoms with E-state index in [9.17, 15) is 4.39 Å². The van der Waals surface area contributed by atoms with Crippen molar-refractivity contribution in [1.29, 1.82) is 0 Å². The summed E-state index contributed by atoms with van der Waals surface area (Å²) in [6.07, 6.45) is 0. The average molecular weight is 289 g/mol. The van der Waals surface area contributed by atoms with Gasteiger partial charge in [0.25, 0.3) is 0 Å². The van der Waals surface area contributed by atoms with Crippen molar-refractivity contribution < 1.29 is 9.13 Å². The number of aromatic nitrogens is 2. The van der Waals surface area contributed by atoms with E-state index < -0.39 is 0 Å². The number of hydrogen-bond acceptors (Lipinski definition) is 4. The molecule has 0 aliphatic heterocycles. The van der Waals surface area contributed by atoms with Gasteiger partial charge in [-0.1, -0.05) is 19.1 Å². The van der Waals surface area contributed by atoms with Crippen LogP contribution >= 0.6 is 0 Å². The quantitative estimate of drug-likeness (QED) is 0.919. The minimum atomic E-state index is -0.347. The average Bonchev–Trinajstić information content (AvgIpc) is 2.48. The van der Waals surface area contributed by atoms with Gasteiger partial charge >= 0.3 is 0 Å². The molecule has 0 fully saturated rings. The van der Waals surface area contributed by atoms with E-state index in [2.05, 4.69) is 15.5 Å². The molecule has 1 heterocycles.